The molecule has 0 aliphatic carbocycles. The average Bonchev–Trinajstić information content (AvgIpc) is 2.33. The Balaban J connectivity index is 2.27. The Labute approximate surface area is 121 Å². The predicted molar refractivity (Wildman–Crippen MR) is 77.7 cm³/mol. The van der Waals surface area contributed by atoms with Gasteiger partial charge in [0.1, 0.15) is 5.15 Å². The van der Waals surface area contributed by atoms with Crippen LogP contribution < -0.4 is 0 Å². The quantitative estimate of drug-likeness (QED) is 0.812. The van der Waals surface area contributed by atoms with Crippen molar-refractivity contribution in [2.75, 3.05) is 6.26 Å². The first kappa shape index (κ1) is 14.4. The van der Waals surface area contributed by atoms with E-state index in [2.05, 4.69) is 4.98 Å². The molecule has 0 aliphatic heterocycles. The molecule has 100 valence electrons. The standard InChI is InChI=1S/C13H12ClNO2S2/c1-9-8-15-13(14)7-12(9)18-10-3-5-11(6-4-10)19(2,16)17/h3-8H,1-2H3. The Kier molecular flexibility index (Phi) is 4.18. The minimum absolute atomic E-state index is 0.321. The van der Waals surface area contributed by atoms with E-state index in [0.717, 1.165) is 15.4 Å². The zero-order chi connectivity index (χ0) is 14.0. The second-order valence-corrected chi connectivity index (χ2v) is 7.64. The van der Waals surface area contributed by atoms with Crippen LogP contribution in [0.25, 0.3) is 0 Å². The average molecular weight is 314 g/mol. The van der Waals surface area contributed by atoms with Crippen LogP contribution in [-0.2, 0) is 9.84 Å². The molecule has 0 spiro atoms. The summed E-state index contributed by atoms with van der Waals surface area (Å²) < 4.78 is 22.7. The summed E-state index contributed by atoms with van der Waals surface area (Å²) in [5.41, 5.74) is 1.03. The van der Waals surface area contributed by atoms with E-state index >= 15 is 0 Å². The largest absolute Gasteiger partial charge is 0.244 e. The summed E-state index contributed by atoms with van der Waals surface area (Å²) in [6.07, 6.45) is 2.91. The molecule has 0 saturated heterocycles. The zero-order valence-corrected chi connectivity index (χ0v) is 12.8. The van der Waals surface area contributed by atoms with Gasteiger partial charge in [-0.3, -0.25) is 0 Å². The molecular formula is C13H12ClNO2S2. The highest BCUT2D eigenvalue weighted by Gasteiger charge is 2.08. The summed E-state index contributed by atoms with van der Waals surface area (Å²) in [6.45, 7) is 1.95. The molecule has 1 heterocycles. The first-order valence-corrected chi connectivity index (χ1v) is 8.55. The predicted octanol–water partition coefficient (Wildman–Crippen LogP) is 3.60. The van der Waals surface area contributed by atoms with E-state index in [-0.39, 0.29) is 0 Å². The number of sulfone groups is 1. The summed E-state index contributed by atoms with van der Waals surface area (Å²) in [6, 6.07) is 8.58. The van der Waals surface area contributed by atoms with E-state index in [1.54, 1.807) is 36.5 Å². The van der Waals surface area contributed by atoms with Gasteiger partial charge < -0.3 is 0 Å². The lowest BCUT2D eigenvalue weighted by atomic mass is 10.3. The lowest BCUT2D eigenvalue weighted by molar-refractivity contribution is 0.602. The van der Waals surface area contributed by atoms with Gasteiger partial charge in [0, 0.05) is 22.2 Å². The van der Waals surface area contributed by atoms with Crippen molar-refractivity contribution < 1.29 is 8.42 Å². The van der Waals surface area contributed by atoms with Gasteiger partial charge in [0.15, 0.2) is 9.84 Å². The third-order valence-corrected chi connectivity index (χ3v) is 5.00. The van der Waals surface area contributed by atoms with Crippen LogP contribution in [0, 0.1) is 6.92 Å². The molecule has 0 N–H and O–H groups in total. The van der Waals surface area contributed by atoms with Crippen LogP contribution in [0.2, 0.25) is 5.15 Å². The number of hydrogen-bond donors (Lipinski definition) is 0. The van der Waals surface area contributed by atoms with Crippen molar-refractivity contribution in [2.45, 2.75) is 21.6 Å². The number of rotatable bonds is 3. The van der Waals surface area contributed by atoms with Crippen LogP contribution in [0.15, 0.2) is 51.2 Å². The summed E-state index contributed by atoms with van der Waals surface area (Å²) in [7, 11) is -3.15. The van der Waals surface area contributed by atoms with Crippen LogP contribution in [0.4, 0.5) is 0 Å². The molecule has 3 nitrogen and oxygen atoms in total. The van der Waals surface area contributed by atoms with Crippen LogP contribution >= 0.6 is 23.4 Å². The molecule has 19 heavy (non-hydrogen) atoms. The normalized spacial score (nSPS) is 11.5. The maximum absolute atomic E-state index is 11.4. The highest BCUT2D eigenvalue weighted by atomic mass is 35.5. The van der Waals surface area contributed by atoms with Gasteiger partial charge in [-0.05, 0) is 42.8 Å². The number of pyridine rings is 1. The fourth-order valence-corrected chi connectivity index (χ4v) is 3.24. The summed E-state index contributed by atoms with van der Waals surface area (Å²) in [4.78, 5) is 6.28. The minimum Gasteiger partial charge on any atom is -0.244 e. The molecule has 0 amide bonds. The molecule has 0 atom stereocenters. The highest BCUT2D eigenvalue weighted by Crippen LogP contribution is 2.31. The minimum atomic E-state index is -3.15. The Bertz CT molecular complexity index is 697. The Morgan fingerprint density at radius 1 is 1.21 bits per heavy atom. The van der Waals surface area contributed by atoms with Crippen LogP contribution in [0.1, 0.15) is 5.56 Å². The number of nitrogens with zero attached hydrogens (tertiary/aromatic N) is 1. The summed E-state index contributed by atoms with van der Waals surface area (Å²) in [5, 5.41) is 0.445. The van der Waals surface area contributed by atoms with Gasteiger partial charge in [-0.15, -0.1) is 0 Å². The zero-order valence-electron chi connectivity index (χ0n) is 10.4. The molecular weight excluding hydrogens is 302 g/mol. The van der Waals surface area contributed by atoms with Crippen molar-refractivity contribution in [1.82, 2.24) is 4.98 Å². The maximum atomic E-state index is 11.4. The first-order chi connectivity index (χ1) is 8.86. The molecule has 0 saturated carbocycles. The second-order valence-electron chi connectivity index (χ2n) is 4.12. The Hall–Kier alpha value is -1.04. The number of aryl methyl sites for hydroxylation is 1. The van der Waals surface area contributed by atoms with E-state index in [1.165, 1.54) is 18.0 Å². The van der Waals surface area contributed by atoms with Gasteiger partial charge in [0.05, 0.1) is 4.90 Å². The van der Waals surface area contributed by atoms with Crippen molar-refractivity contribution in [3.63, 3.8) is 0 Å². The molecule has 1 aromatic carbocycles. The van der Waals surface area contributed by atoms with E-state index < -0.39 is 9.84 Å². The molecule has 1 aromatic heterocycles. The van der Waals surface area contributed by atoms with Crippen LogP contribution in [-0.4, -0.2) is 19.7 Å². The molecule has 0 unspecified atom stereocenters. The number of aromatic nitrogens is 1. The van der Waals surface area contributed by atoms with E-state index in [1.807, 2.05) is 6.92 Å². The SMILES string of the molecule is Cc1cnc(Cl)cc1Sc1ccc(S(C)(=O)=O)cc1. The molecule has 2 aromatic rings. The summed E-state index contributed by atoms with van der Waals surface area (Å²) >= 11 is 7.39. The number of halogens is 1. The van der Waals surface area contributed by atoms with Crippen LogP contribution in [0.5, 0.6) is 0 Å². The fourth-order valence-electron chi connectivity index (χ4n) is 1.47. The molecule has 6 heteroatoms. The van der Waals surface area contributed by atoms with Crippen molar-refractivity contribution >= 4 is 33.2 Å². The Morgan fingerprint density at radius 3 is 2.42 bits per heavy atom. The van der Waals surface area contributed by atoms with Crippen molar-refractivity contribution in [3.8, 4) is 0 Å². The third kappa shape index (κ3) is 3.72. The van der Waals surface area contributed by atoms with Gasteiger partial charge in [0.2, 0.25) is 0 Å². The molecule has 0 fully saturated rings. The monoisotopic (exact) mass is 313 g/mol. The molecule has 0 bridgehead atoms. The third-order valence-electron chi connectivity index (χ3n) is 2.50. The maximum Gasteiger partial charge on any atom is 0.175 e. The summed E-state index contributed by atoms with van der Waals surface area (Å²) in [5.74, 6) is 0. The van der Waals surface area contributed by atoms with Crippen molar-refractivity contribution in [3.05, 3.63) is 47.2 Å². The first-order valence-electron chi connectivity index (χ1n) is 5.46. The van der Waals surface area contributed by atoms with Crippen molar-refractivity contribution in [1.29, 1.82) is 0 Å². The lowest BCUT2D eigenvalue weighted by Crippen LogP contribution is -1.95. The van der Waals surface area contributed by atoms with Gasteiger partial charge in [-0.1, -0.05) is 23.4 Å². The van der Waals surface area contributed by atoms with E-state index in [0.29, 0.717) is 10.0 Å². The molecule has 0 radical (unpaired) electrons. The number of hydrogen-bond acceptors (Lipinski definition) is 4. The highest BCUT2D eigenvalue weighted by molar-refractivity contribution is 7.99. The second kappa shape index (κ2) is 5.53. The van der Waals surface area contributed by atoms with Gasteiger partial charge in [0.25, 0.3) is 0 Å². The van der Waals surface area contributed by atoms with Gasteiger partial charge in [-0.2, -0.15) is 0 Å². The molecule has 0 aliphatic rings. The topological polar surface area (TPSA) is 47.0 Å². The van der Waals surface area contributed by atoms with Gasteiger partial charge in [-0.25, -0.2) is 13.4 Å². The lowest BCUT2D eigenvalue weighted by Gasteiger charge is -2.06. The van der Waals surface area contributed by atoms with E-state index in [4.69, 9.17) is 11.6 Å². The smallest absolute Gasteiger partial charge is 0.175 e. The van der Waals surface area contributed by atoms with E-state index in [9.17, 15) is 8.42 Å². The van der Waals surface area contributed by atoms with Crippen LogP contribution in [0.3, 0.4) is 0 Å². The van der Waals surface area contributed by atoms with Gasteiger partial charge >= 0.3 is 0 Å². The fraction of sp³-hybridized carbons (Fsp3) is 0.154. The molecule has 2 rings (SSSR count). The Morgan fingerprint density at radius 2 is 1.84 bits per heavy atom. The van der Waals surface area contributed by atoms with Crippen molar-refractivity contribution in [2.24, 2.45) is 0 Å². The number of benzene rings is 1.